The lowest BCUT2D eigenvalue weighted by Gasteiger charge is -2.15. The van der Waals surface area contributed by atoms with Crippen molar-refractivity contribution in [2.75, 3.05) is 0 Å². The Kier molecular flexibility index (Phi) is 5.37. The van der Waals surface area contributed by atoms with Gasteiger partial charge in [0, 0.05) is 11.9 Å². The summed E-state index contributed by atoms with van der Waals surface area (Å²) in [5, 5.41) is 5.57. The number of hydrogen-bond donors (Lipinski definition) is 1. The molecule has 0 saturated heterocycles. The molecule has 4 aromatic rings. The molecule has 2 heterocycles. The first-order valence-electron chi connectivity index (χ1n) is 10.0. The minimum Gasteiger partial charge on any atom is -0.450 e. The summed E-state index contributed by atoms with van der Waals surface area (Å²) in [6, 6.07) is 13.7. The standard InChI is InChI=1S/C23H22N4O4/c1-13(2)12-27-22(29)16-9-5-4-8-15(16)19(26-27)23(30)31-14(3)20-24-18-11-7-6-10-17(18)21(28)25-20/h4-11,13-14H,12H2,1-3H3,(H,24,25,28)/t14-/m0/s1. The van der Waals surface area contributed by atoms with Gasteiger partial charge in [0.25, 0.3) is 11.1 Å². The van der Waals surface area contributed by atoms with Crippen molar-refractivity contribution in [1.29, 1.82) is 0 Å². The minimum atomic E-state index is -0.823. The Bertz CT molecular complexity index is 1400. The molecule has 4 rings (SSSR count). The number of esters is 1. The molecule has 158 valence electrons. The summed E-state index contributed by atoms with van der Waals surface area (Å²) in [4.78, 5) is 45.2. The van der Waals surface area contributed by atoms with E-state index in [1.807, 2.05) is 13.8 Å². The van der Waals surface area contributed by atoms with Gasteiger partial charge >= 0.3 is 5.97 Å². The molecule has 0 unspecified atom stereocenters. The smallest absolute Gasteiger partial charge is 0.360 e. The summed E-state index contributed by atoms with van der Waals surface area (Å²) >= 11 is 0. The molecule has 2 aromatic heterocycles. The SMILES string of the molecule is CC(C)Cn1nc(C(=O)O[C@@H](C)c2nc3ccccc3c(=O)[nH]2)c2ccccc2c1=O. The van der Waals surface area contributed by atoms with Gasteiger partial charge in [0.2, 0.25) is 0 Å². The Balaban J connectivity index is 1.72. The largest absolute Gasteiger partial charge is 0.450 e. The zero-order valence-corrected chi connectivity index (χ0v) is 17.5. The van der Waals surface area contributed by atoms with Gasteiger partial charge < -0.3 is 9.72 Å². The van der Waals surface area contributed by atoms with Crippen molar-refractivity contribution in [2.24, 2.45) is 5.92 Å². The highest BCUT2D eigenvalue weighted by atomic mass is 16.5. The van der Waals surface area contributed by atoms with Crippen LogP contribution in [-0.4, -0.2) is 25.7 Å². The highest BCUT2D eigenvalue weighted by Gasteiger charge is 2.22. The summed E-state index contributed by atoms with van der Waals surface area (Å²) < 4.78 is 6.88. The molecule has 0 radical (unpaired) electrons. The van der Waals surface area contributed by atoms with E-state index < -0.39 is 12.1 Å². The summed E-state index contributed by atoms with van der Waals surface area (Å²) in [5.41, 5.74) is -0.00368. The second-order valence-corrected chi connectivity index (χ2v) is 7.79. The molecule has 0 saturated carbocycles. The molecule has 0 fully saturated rings. The molecular weight excluding hydrogens is 396 g/mol. The third-order valence-electron chi connectivity index (χ3n) is 4.90. The number of nitrogens with one attached hydrogen (secondary N) is 1. The first-order chi connectivity index (χ1) is 14.8. The van der Waals surface area contributed by atoms with Crippen LogP contribution in [0.25, 0.3) is 21.7 Å². The summed E-state index contributed by atoms with van der Waals surface area (Å²) in [6.07, 6.45) is -0.823. The number of nitrogens with zero attached hydrogens (tertiary/aromatic N) is 3. The number of benzene rings is 2. The molecule has 31 heavy (non-hydrogen) atoms. The van der Waals surface area contributed by atoms with Gasteiger partial charge in [-0.2, -0.15) is 5.10 Å². The molecule has 2 aromatic carbocycles. The summed E-state index contributed by atoms with van der Waals surface area (Å²) in [5.74, 6) is -0.296. The van der Waals surface area contributed by atoms with Crippen molar-refractivity contribution in [3.05, 3.63) is 80.8 Å². The average Bonchev–Trinajstić information content (AvgIpc) is 2.75. The van der Waals surface area contributed by atoms with E-state index in [0.29, 0.717) is 28.2 Å². The topological polar surface area (TPSA) is 107 Å². The predicted octanol–water partition coefficient (Wildman–Crippen LogP) is 3.21. The molecular formula is C23H22N4O4. The molecule has 0 aliphatic carbocycles. The van der Waals surface area contributed by atoms with Crippen LogP contribution in [0.4, 0.5) is 0 Å². The minimum absolute atomic E-state index is 0.0471. The quantitative estimate of drug-likeness (QED) is 0.499. The van der Waals surface area contributed by atoms with E-state index in [1.54, 1.807) is 55.5 Å². The lowest BCUT2D eigenvalue weighted by atomic mass is 10.1. The van der Waals surface area contributed by atoms with Gasteiger partial charge in [0.15, 0.2) is 17.6 Å². The maximum absolute atomic E-state index is 13.0. The Morgan fingerprint density at radius 3 is 2.35 bits per heavy atom. The van der Waals surface area contributed by atoms with Crippen molar-refractivity contribution < 1.29 is 9.53 Å². The van der Waals surface area contributed by atoms with Crippen molar-refractivity contribution in [2.45, 2.75) is 33.4 Å². The van der Waals surface area contributed by atoms with E-state index in [-0.39, 0.29) is 28.6 Å². The Morgan fingerprint density at radius 1 is 1.00 bits per heavy atom. The van der Waals surface area contributed by atoms with Crippen LogP contribution in [0.15, 0.2) is 58.1 Å². The van der Waals surface area contributed by atoms with Crippen molar-refractivity contribution in [3.8, 4) is 0 Å². The van der Waals surface area contributed by atoms with Gasteiger partial charge in [-0.05, 0) is 31.0 Å². The van der Waals surface area contributed by atoms with E-state index in [0.717, 1.165) is 0 Å². The van der Waals surface area contributed by atoms with Crippen LogP contribution in [0.2, 0.25) is 0 Å². The fourth-order valence-corrected chi connectivity index (χ4v) is 3.42. The van der Waals surface area contributed by atoms with Gasteiger partial charge in [-0.3, -0.25) is 9.59 Å². The zero-order chi connectivity index (χ0) is 22.1. The maximum Gasteiger partial charge on any atom is 0.360 e. The van der Waals surface area contributed by atoms with Crippen LogP contribution in [-0.2, 0) is 11.3 Å². The van der Waals surface area contributed by atoms with E-state index in [4.69, 9.17) is 4.74 Å². The number of fused-ring (bicyclic) bond motifs is 2. The number of H-pyrrole nitrogens is 1. The predicted molar refractivity (Wildman–Crippen MR) is 117 cm³/mol. The second kappa shape index (κ2) is 8.14. The van der Waals surface area contributed by atoms with Gasteiger partial charge in [-0.15, -0.1) is 0 Å². The van der Waals surface area contributed by atoms with Gasteiger partial charge in [-0.25, -0.2) is 14.5 Å². The van der Waals surface area contributed by atoms with Crippen LogP contribution >= 0.6 is 0 Å². The fourth-order valence-electron chi connectivity index (χ4n) is 3.42. The molecule has 0 amide bonds. The molecule has 0 aliphatic heterocycles. The van der Waals surface area contributed by atoms with Crippen LogP contribution in [0.1, 0.15) is 43.2 Å². The number of carbonyl (C=O) groups excluding carboxylic acids is 1. The zero-order valence-electron chi connectivity index (χ0n) is 17.5. The third kappa shape index (κ3) is 3.96. The van der Waals surface area contributed by atoms with E-state index in [1.165, 1.54) is 4.68 Å². The molecule has 8 heteroatoms. The van der Waals surface area contributed by atoms with E-state index in [9.17, 15) is 14.4 Å². The Morgan fingerprint density at radius 2 is 1.65 bits per heavy atom. The fraction of sp³-hybridized carbons (Fsp3) is 0.261. The first-order valence-corrected chi connectivity index (χ1v) is 10.0. The van der Waals surface area contributed by atoms with Gasteiger partial charge in [-0.1, -0.05) is 44.2 Å². The number of hydrogen-bond acceptors (Lipinski definition) is 6. The molecule has 0 spiro atoms. The average molecular weight is 418 g/mol. The molecule has 8 nitrogen and oxygen atoms in total. The van der Waals surface area contributed by atoms with Crippen LogP contribution in [0, 0.1) is 5.92 Å². The van der Waals surface area contributed by atoms with E-state index >= 15 is 0 Å². The maximum atomic E-state index is 13.0. The van der Waals surface area contributed by atoms with Crippen molar-refractivity contribution in [1.82, 2.24) is 19.7 Å². The normalized spacial score (nSPS) is 12.4. The monoisotopic (exact) mass is 418 g/mol. The lowest BCUT2D eigenvalue weighted by molar-refractivity contribution is 0.0312. The Labute approximate surface area is 177 Å². The Hall–Kier alpha value is -3.81. The molecule has 0 aliphatic rings. The number of para-hydroxylation sites is 1. The van der Waals surface area contributed by atoms with Crippen LogP contribution < -0.4 is 11.1 Å². The first kappa shape index (κ1) is 20.5. The van der Waals surface area contributed by atoms with Crippen molar-refractivity contribution >= 4 is 27.6 Å². The number of rotatable bonds is 5. The van der Waals surface area contributed by atoms with Gasteiger partial charge in [0.1, 0.15) is 0 Å². The number of ether oxygens (including phenoxy) is 1. The van der Waals surface area contributed by atoms with Crippen LogP contribution in [0.5, 0.6) is 0 Å². The lowest BCUT2D eigenvalue weighted by Crippen LogP contribution is -2.28. The summed E-state index contributed by atoms with van der Waals surface area (Å²) in [7, 11) is 0. The molecule has 0 bridgehead atoms. The number of carbonyl (C=O) groups is 1. The second-order valence-electron chi connectivity index (χ2n) is 7.79. The highest BCUT2D eigenvalue weighted by molar-refractivity contribution is 6.02. The van der Waals surface area contributed by atoms with Crippen molar-refractivity contribution in [3.63, 3.8) is 0 Å². The van der Waals surface area contributed by atoms with E-state index in [2.05, 4.69) is 15.1 Å². The number of aromatic nitrogens is 4. The summed E-state index contributed by atoms with van der Waals surface area (Å²) in [6.45, 7) is 5.92. The molecule has 1 atom stereocenters. The van der Waals surface area contributed by atoms with Gasteiger partial charge in [0.05, 0.1) is 16.3 Å². The third-order valence-corrected chi connectivity index (χ3v) is 4.90. The molecule has 1 N–H and O–H groups in total. The number of aromatic amines is 1. The van der Waals surface area contributed by atoms with Crippen LogP contribution in [0.3, 0.4) is 0 Å². The highest BCUT2D eigenvalue weighted by Crippen LogP contribution is 2.19.